The first-order valence-electron chi connectivity index (χ1n) is 9.96. The van der Waals surface area contributed by atoms with E-state index in [9.17, 15) is 13.2 Å². The molecule has 2 aromatic rings. The molecule has 2 aromatic carbocycles. The number of rotatable bonds is 6. The van der Waals surface area contributed by atoms with E-state index < -0.39 is 10.0 Å². The molecule has 0 bridgehead atoms. The highest BCUT2D eigenvalue weighted by Gasteiger charge is 2.33. The predicted octanol–water partition coefficient (Wildman–Crippen LogP) is 3.42. The van der Waals surface area contributed by atoms with Crippen LogP contribution in [0.5, 0.6) is 0 Å². The molecule has 1 amide bonds. The average Bonchev–Trinajstić information content (AvgIpc) is 2.68. The van der Waals surface area contributed by atoms with Crippen LogP contribution in [0.3, 0.4) is 0 Å². The van der Waals surface area contributed by atoms with Gasteiger partial charge >= 0.3 is 0 Å². The lowest BCUT2D eigenvalue weighted by Crippen LogP contribution is -2.48. The highest BCUT2D eigenvalue weighted by Crippen LogP contribution is 2.28. The highest BCUT2D eigenvalue weighted by atomic mass is 35.5. The quantitative estimate of drug-likeness (QED) is 0.731. The molecule has 0 unspecified atom stereocenters. The Labute approximate surface area is 183 Å². The number of benzene rings is 2. The zero-order valence-corrected chi connectivity index (χ0v) is 19.0. The average molecular weight is 451 g/mol. The van der Waals surface area contributed by atoms with Crippen molar-refractivity contribution < 1.29 is 17.9 Å². The lowest BCUT2D eigenvalue weighted by molar-refractivity contribution is -0.0440. The van der Waals surface area contributed by atoms with E-state index in [1.54, 1.807) is 0 Å². The summed E-state index contributed by atoms with van der Waals surface area (Å²) in [5, 5.41) is 2.95. The van der Waals surface area contributed by atoms with Gasteiger partial charge in [0.05, 0.1) is 17.2 Å². The molecule has 1 heterocycles. The van der Waals surface area contributed by atoms with Gasteiger partial charge in [0.25, 0.3) is 5.91 Å². The number of hydrogen-bond acceptors (Lipinski definition) is 4. The van der Waals surface area contributed by atoms with E-state index in [0.29, 0.717) is 13.0 Å². The van der Waals surface area contributed by atoms with Gasteiger partial charge < -0.3 is 10.1 Å². The van der Waals surface area contributed by atoms with E-state index in [0.717, 1.165) is 5.56 Å². The number of nitrogens with zero attached hydrogens (tertiary/aromatic N) is 1. The summed E-state index contributed by atoms with van der Waals surface area (Å²) >= 11 is 6.21. The Morgan fingerprint density at radius 2 is 1.83 bits per heavy atom. The van der Waals surface area contributed by atoms with Gasteiger partial charge in [0.1, 0.15) is 4.90 Å². The second-order valence-corrected chi connectivity index (χ2v) is 9.97. The number of hydrogen-bond donors (Lipinski definition) is 1. The van der Waals surface area contributed by atoms with Crippen molar-refractivity contribution in [3.8, 4) is 0 Å². The van der Waals surface area contributed by atoms with E-state index in [-0.39, 0.29) is 46.7 Å². The van der Waals surface area contributed by atoms with Crippen LogP contribution in [-0.4, -0.2) is 50.5 Å². The van der Waals surface area contributed by atoms with Crippen molar-refractivity contribution >= 4 is 27.5 Å². The van der Waals surface area contributed by atoms with Crippen LogP contribution in [0.15, 0.2) is 47.4 Å². The summed E-state index contributed by atoms with van der Waals surface area (Å²) in [7, 11) is -3.84. The van der Waals surface area contributed by atoms with Crippen LogP contribution >= 0.6 is 11.6 Å². The van der Waals surface area contributed by atoms with Crippen LogP contribution in [0.25, 0.3) is 0 Å². The molecule has 3 rings (SSSR count). The number of carbonyl (C=O) groups is 1. The first kappa shape index (κ1) is 22.7. The Hall–Kier alpha value is -1.93. The number of ether oxygens (including phenoxy) is 1. The van der Waals surface area contributed by atoms with Crippen LogP contribution in [0.4, 0.5) is 0 Å². The minimum atomic E-state index is -3.84. The number of halogens is 1. The number of sulfonamides is 1. The molecule has 2 atom stereocenters. The number of nitrogens with one attached hydrogen (secondary N) is 1. The van der Waals surface area contributed by atoms with Crippen molar-refractivity contribution in [2.24, 2.45) is 0 Å². The summed E-state index contributed by atoms with van der Waals surface area (Å²) in [4.78, 5) is 12.5. The Morgan fingerprint density at radius 3 is 2.50 bits per heavy atom. The van der Waals surface area contributed by atoms with Gasteiger partial charge in [-0.3, -0.25) is 4.79 Å². The monoisotopic (exact) mass is 450 g/mol. The van der Waals surface area contributed by atoms with Crippen LogP contribution in [-0.2, 0) is 21.2 Å². The lowest BCUT2D eigenvalue weighted by Gasteiger charge is -2.34. The van der Waals surface area contributed by atoms with E-state index in [4.69, 9.17) is 16.3 Å². The smallest absolute Gasteiger partial charge is 0.251 e. The molecule has 1 aliphatic rings. The van der Waals surface area contributed by atoms with E-state index >= 15 is 0 Å². The molecule has 8 heteroatoms. The van der Waals surface area contributed by atoms with Crippen LogP contribution in [0.1, 0.15) is 35.3 Å². The van der Waals surface area contributed by atoms with Crippen molar-refractivity contribution in [2.45, 2.75) is 44.3 Å². The van der Waals surface area contributed by atoms with E-state index in [1.165, 1.54) is 28.1 Å². The van der Waals surface area contributed by atoms with Crippen LogP contribution < -0.4 is 5.32 Å². The summed E-state index contributed by atoms with van der Waals surface area (Å²) in [5.74, 6) is -0.333. The topological polar surface area (TPSA) is 75.7 Å². The second-order valence-electron chi connectivity index (χ2n) is 7.66. The Morgan fingerprint density at radius 1 is 1.17 bits per heavy atom. The van der Waals surface area contributed by atoms with Crippen molar-refractivity contribution in [2.75, 3.05) is 19.6 Å². The fourth-order valence-electron chi connectivity index (χ4n) is 3.61. The van der Waals surface area contributed by atoms with Gasteiger partial charge in [-0.25, -0.2) is 8.42 Å². The molecule has 1 N–H and O–H groups in total. The fourth-order valence-corrected chi connectivity index (χ4v) is 5.70. The van der Waals surface area contributed by atoms with Crippen LogP contribution in [0, 0.1) is 6.92 Å². The van der Waals surface area contributed by atoms with Gasteiger partial charge in [0.2, 0.25) is 10.0 Å². The molecule has 30 heavy (non-hydrogen) atoms. The number of carbonyl (C=O) groups excluding carboxylic acids is 1. The Bertz CT molecular complexity index is 1020. The summed E-state index contributed by atoms with van der Waals surface area (Å²) < 4.78 is 33.3. The molecule has 1 fully saturated rings. The molecule has 162 valence electrons. The molecule has 1 aliphatic heterocycles. The standard InChI is InChI=1S/C22H27ClN2O4S/c1-15-6-4-5-7-18(15)10-11-24-22(26)19-8-9-20(23)21(12-19)30(27,28)25-13-16(2)29-17(3)14-25/h4-9,12,16-17H,10-11,13-14H2,1-3H3,(H,24,26)/t16-,17+. The van der Waals surface area contributed by atoms with Crippen LogP contribution in [0.2, 0.25) is 5.02 Å². The third-order valence-corrected chi connectivity index (χ3v) is 7.45. The molecule has 0 radical (unpaired) electrons. The number of morpholine rings is 1. The fraction of sp³-hybridized carbons (Fsp3) is 0.409. The Balaban J connectivity index is 1.74. The second kappa shape index (κ2) is 9.47. The normalized spacial score (nSPS) is 20.1. The molecule has 6 nitrogen and oxygen atoms in total. The van der Waals surface area contributed by atoms with Crippen molar-refractivity contribution in [3.63, 3.8) is 0 Å². The maximum Gasteiger partial charge on any atom is 0.251 e. The van der Waals surface area contributed by atoms with Gasteiger partial charge in [0.15, 0.2) is 0 Å². The number of amides is 1. The van der Waals surface area contributed by atoms with Gasteiger partial charge in [-0.1, -0.05) is 35.9 Å². The third kappa shape index (κ3) is 5.21. The largest absolute Gasteiger partial charge is 0.373 e. The zero-order valence-electron chi connectivity index (χ0n) is 17.4. The maximum atomic E-state index is 13.2. The molecular formula is C22H27ClN2O4S. The summed E-state index contributed by atoms with van der Waals surface area (Å²) in [6.07, 6.45) is 0.270. The van der Waals surface area contributed by atoms with E-state index in [2.05, 4.69) is 5.32 Å². The van der Waals surface area contributed by atoms with Crippen molar-refractivity contribution in [1.29, 1.82) is 0 Å². The van der Waals surface area contributed by atoms with Gasteiger partial charge in [-0.15, -0.1) is 0 Å². The zero-order chi connectivity index (χ0) is 21.9. The lowest BCUT2D eigenvalue weighted by atomic mass is 10.1. The van der Waals surface area contributed by atoms with Gasteiger partial charge in [0, 0.05) is 25.2 Å². The minimum absolute atomic E-state index is 0.0583. The summed E-state index contributed by atoms with van der Waals surface area (Å²) in [6, 6.07) is 12.3. The highest BCUT2D eigenvalue weighted by molar-refractivity contribution is 7.89. The SMILES string of the molecule is Cc1ccccc1CCNC(=O)c1ccc(Cl)c(S(=O)(=O)N2C[C@@H](C)O[C@@H](C)C2)c1. The number of aryl methyl sites for hydroxylation is 1. The van der Waals surface area contributed by atoms with Gasteiger partial charge in [-0.2, -0.15) is 4.31 Å². The Kier molecular flexibility index (Phi) is 7.18. The minimum Gasteiger partial charge on any atom is -0.373 e. The van der Waals surface area contributed by atoms with Crippen molar-refractivity contribution in [1.82, 2.24) is 9.62 Å². The summed E-state index contributed by atoms with van der Waals surface area (Å²) in [6.45, 7) is 6.63. The van der Waals surface area contributed by atoms with Crippen molar-refractivity contribution in [3.05, 3.63) is 64.2 Å². The van der Waals surface area contributed by atoms with E-state index in [1.807, 2.05) is 45.0 Å². The molecule has 0 saturated carbocycles. The molecule has 1 saturated heterocycles. The first-order chi connectivity index (χ1) is 14.2. The summed E-state index contributed by atoms with van der Waals surface area (Å²) in [5.41, 5.74) is 2.59. The molecule has 0 aliphatic carbocycles. The first-order valence-corrected chi connectivity index (χ1v) is 11.8. The predicted molar refractivity (Wildman–Crippen MR) is 117 cm³/mol. The third-order valence-electron chi connectivity index (χ3n) is 5.14. The molecular weight excluding hydrogens is 424 g/mol. The van der Waals surface area contributed by atoms with Gasteiger partial charge in [-0.05, 0) is 56.5 Å². The maximum absolute atomic E-state index is 13.2. The molecule has 0 spiro atoms. The molecule has 0 aromatic heterocycles.